The molecule has 2 aromatic carbocycles. The van der Waals surface area contributed by atoms with Gasteiger partial charge in [-0.2, -0.15) is 0 Å². The highest BCUT2D eigenvalue weighted by Gasteiger charge is 2.05. The Bertz CT molecular complexity index is 569. The summed E-state index contributed by atoms with van der Waals surface area (Å²) in [5.74, 6) is 0.207. The molecule has 19 heavy (non-hydrogen) atoms. The first kappa shape index (κ1) is 14.3. The molecule has 0 spiro atoms. The van der Waals surface area contributed by atoms with Gasteiger partial charge in [0.1, 0.15) is 18.2 Å². The summed E-state index contributed by atoms with van der Waals surface area (Å²) in [5, 5.41) is 9.75. The summed E-state index contributed by atoms with van der Waals surface area (Å²) < 4.78 is 19.4. The maximum absolute atomic E-state index is 13.2. The van der Waals surface area contributed by atoms with Crippen LogP contribution in [0.4, 0.5) is 4.39 Å². The minimum Gasteiger partial charge on any atom is -0.489 e. The molecule has 0 aliphatic rings. The monoisotopic (exact) mass is 344 g/mol. The molecule has 2 aromatic rings. The molecule has 0 fully saturated rings. The zero-order valence-electron chi connectivity index (χ0n) is 9.87. The fourth-order valence-corrected chi connectivity index (χ4v) is 2.38. The molecule has 2 rings (SSSR count). The quantitative estimate of drug-likeness (QED) is 0.894. The number of aliphatic hydroxyl groups excluding tert-OH is 1. The first-order valence-corrected chi connectivity index (χ1v) is 6.72. The predicted octanol–water partition coefficient (Wildman–Crippen LogP) is 4.31. The number of ether oxygens (including phenoxy) is 1. The number of halogens is 3. The van der Waals surface area contributed by atoms with Crippen LogP contribution in [0.1, 0.15) is 11.1 Å². The van der Waals surface area contributed by atoms with E-state index in [-0.39, 0.29) is 19.0 Å². The third-order valence-corrected chi connectivity index (χ3v) is 3.20. The van der Waals surface area contributed by atoms with Gasteiger partial charge in [-0.05, 0) is 42.0 Å². The van der Waals surface area contributed by atoms with E-state index < -0.39 is 0 Å². The van der Waals surface area contributed by atoms with Crippen molar-refractivity contribution in [3.05, 3.63) is 62.8 Å². The molecule has 5 heteroatoms. The van der Waals surface area contributed by atoms with Crippen molar-refractivity contribution < 1.29 is 14.2 Å². The summed E-state index contributed by atoms with van der Waals surface area (Å²) in [6.07, 6.45) is 0. The number of aliphatic hydroxyl groups is 1. The summed E-state index contributed by atoms with van der Waals surface area (Å²) >= 11 is 9.06. The highest BCUT2D eigenvalue weighted by molar-refractivity contribution is 9.10. The molecule has 1 N–H and O–H groups in total. The summed E-state index contributed by atoms with van der Waals surface area (Å²) in [5.41, 5.74) is 1.30. The smallest absolute Gasteiger partial charge is 0.125 e. The lowest BCUT2D eigenvalue weighted by atomic mass is 10.2. The Hall–Kier alpha value is -1.10. The third kappa shape index (κ3) is 3.93. The fraction of sp³-hybridized carbons (Fsp3) is 0.143. The standard InChI is InChI=1S/C14H11BrClFO2/c15-11-3-9(4-13(17)6-11)8-19-14-2-1-12(16)5-10(14)7-18/h1-6,18H,7-8H2. The van der Waals surface area contributed by atoms with E-state index in [1.54, 1.807) is 24.3 Å². The van der Waals surface area contributed by atoms with E-state index in [0.29, 0.717) is 26.4 Å². The number of hydrogen-bond donors (Lipinski definition) is 1. The largest absolute Gasteiger partial charge is 0.489 e. The Labute approximate surface area is 123 Å². The molecule has 0 amide bonds. The molecule has 0 radical (unpaired) electrons. The summed E-state index contributed by atoms with van der Waals surface area (Å²) in [4.78, 5) is 0. The van der Waals surface area contributed by atoms with Gasteiger partial charge in [-0.3, -0.25) is 0 Å². The van der Waals surface area contributed by atoms with Gasteiger partial charge in [-0.1, -0.05) is 27.5 Å². The molecule has 100 valence electrons. The maximum atomic E-state index is 13.2. The Balaban J connectivity index is 2.14. The number of benzene rings is 2. The lowest BCUT2D eigenvalue weighted by Crippen LogP contribution is -1.99. The highest BCUT2D eigenvalue weighted by atomic mass is 79.9. The van der Waals surface area contributed by atoms with Gasteiger partial charge in [0.05, 0.1) is 6.61 Å². The second-order valence-electron chi connectivity index (χ2n) is 3.98. The van der Waals surface area contributed by atoms with Gasteiger partial charge in [-0.25, -0.2) is 4.39 Å². The van der Waals surface area contributed by atoms with E-state index in [9.17, 15) is 9.50 Å². The Morgan fingerprint density at radius 2 is 2.00 bits per heavy atom. The van der Waals surface area contributed by atoms with Gasteiger partial charge in [0.25, 0.3) is 0 Å². The van der Waals surface area contributed by atoms with E-state index in [4.69, 9.17) is 16.3 Å². The lowest BCUT2D eigenvalue weighted by Gasteiger charge is -2.11. The van der Waals surface area contributed by atoms with Crippen LogP contribution in [-0.2, 0) is 13.2 Å². The highest BCUT2D eigenvalue weighted by Crippen LogP contribution is 2.24. The van der Waals surface area contributed by atoms with Crippen LogP contribution in [0.15, 0.2) is 40.9 Å². The minimum absolute atomic E-state index is 0.164. The number of rotatable bonds is 4. The molecule has 0 saturated heterocycles. The third-order valence-electron chi connectivity index (χ3n) is 2.51. The lowest BCUT2D eigenvalue weighted by molar-refractivity contribution is 0.259. The van der Waals surface area contributed by atoms with Crippen molar-refractivity contribution in [1.82, 2.24) is 0 Å². The van der Waals surface area contributed by atoms with Crippen molar-refractivity contribution in [3.63, 3.8) is 0 Å². The van der Waals surface area contributed by atoms with Gasteiger partial charge in [0.2, 0.25) is 0 Å². The average molecular weight is 346 g/mol. The van der Waals surface area contributed by atoms with Crippen molar-refractivity contribution in [2.45, 2.75) is 13.2 Å². The van der Waals surface area contributed by atoms with Gasteiger partial charge in [0, 0.05) is 15.1 Å². The molecular weight excluding hydrogens is 335 g/mol. The first-order valence-electron chi connectivity index (χ1n) is 5.55. The van der Waals surface area contributed by atoms with Crippen molar-refractivity contribution >= 4 is 27.5 Å². The van der Waals surface area contributed by atoms with Crippen LogP contribution in [-0.4, -0.2) is 5.11 Å². The maximum Gasteiger partial charge on any atom is 0.125 e. The zero-order valence-corrected chi connectivity index (χ0v) is 12.2. The summed E-state index contributed by atoms with van der Waals surface area (Å²) in [7, 11) is 0. The molecule has 0 heterocycles. The number of hydrogen-bond acceptors (Lipinski definition) is 2. The van der Waals surface area contributed by atoms with E-state index in [1.807, 2.05) is 0 Å². The van der Waals surface area contributed by atoms with Crippen LogP contribution in [0.5, 0.6) is 5.75 Å². The topological polar surface area (TPSA) is 29.5 Å². The van der Waals surface area contributed by atoms with Crippen LogP contribution < -0.4 is 4.74 Å². The normalized spacial score (nSPS) is 10.5. The molecule has 0 aliphatic carbocycles. The van der Waals surface area contributed by atoms with Crippen LogP contribution >= 0.6 is 27.5 Å². The second-order valence-corrected chi connectivity index (χ2v) is 5.33. The Morgan fingerprint density at radius 1 is 1.21 bits per heavy atom. The van der Waals surface area contributed by atoms with Crippen molar-refractivity contribution in [3.8, 4) is 5.75 Å². The van der Waals surface area contributed by atoms with Gasteiger partial charge in [0.15, 0.2) is 0 Å². The average Bonchev–Trinajstić information content (AvgIpc) is 2.36. The molecule has 0 saturated carbocycles. The summed E-state index contributed by atoms with van der Waals surface area (Å²) in [6.45, 7) is 0.0493. The summed E-state index contributed by atoms with van der Waals surface area (Å²) in [6, 6.07) is 9.56. The molecule has 0 bridgehead atoms. The molecule has 0 atom stereocenters. The van der Waals surface area contributed by atoms with Gasteiger partial charge >= 0.3 is 0 Å². The first-order chi connectivity index (χ1) is 9.08. The Morgan fingerprint density at radius 3 is 2.68 bits per heavy atom. The van der Waals surface area contributed by atoms with Crippen LogP contribution in [0.3, 0.4) is 0 Å². The fourth-order valence-electron chi connectivity index (χ4n) is 1.67. The van der Waals surface area contributed by atoms with E-state index in [2.05, 4.69) is 15.9 Å². The van der Waals surface area contributed by atoms with Crippen molar-refractivity contribution in [2.24, 2.45) is 0 Å². The van der Waals surface area contributed by atoms with Crippen LogP contribution in [0, 0.1) is 5.82 Å². The SMILES string of the molecule is OCc1cc(Cl)ccc1OCc1cc(F)cc(Br)c1. The predicted molar refractivity (Wildman–Crippen MR) is 75.8 cm³/mol. The zero-order chi connectivity index (χ0) is 13.8. The van der Waals surface area contributed by atoms with Crippen LogP contribution in [0.25, 0.3) is 0 Å². The minimum atomic E-state index is -0.327. The van der Waals surface area contributed by atoms with E-state index in [1.165, 1.54) is 12.1 Å². The molecule has 2 nitrogen and oxygen atoms in total. The second kappa shape index (κ2) is 6.37. The van der Waals surface area contributed by atoms with E-state index in [0.717, 1.165) is 0 Å². The van der Waals surface area contributed by atoms with Gasteiger partial charge < -0.3 is 9.84 Å². The van der Waals surface area contributed by atoms with E-state index >= 15 is 0 Å². The molecule has 0 aliphatic heterocycles. The van der Waals surface area contributed by atoms with Crippen molar-refractivity contribution in [1.29, 1.82) is 0 Å². The van der Waals surface area contributed by atoms with Crippen molar-refractivity contribution in [2.75, 3.05) is 0 Å². The molecule has 0 aromatic heterocycles. The Kier molecular flexibility index (Phi) is 4.80. The van der Waals surface area contributed by atoms with Crippen LogP contribution in [0.2, 0.25) is 5.02 Å². The molecular formula is C14H11BrClFO2. The molecule has 0 unspecified atom stereocenters. The van der Waals surface area contributed by atoms with Gasteiger partial charge in [-0.15, -0.1) is 0 Å².